The Morgan fingerprint density at radius 2 is 2.14 bits per heavy atom. The number of likely N-dealkylation sites (tertiary alicyclic amines) is 1. The fraction of sp³-hybridized carbons (Fsp3) is 0.625. The van der Waals surface area contributed by atoms with E-state index >= 15 is 0 Å². The van der Waals surface area contributed by atoms with Crippen molar-refractivity contribution in [2.75, 3.05) is 45.2 Å². The average molecular weight is 290 g/mol. The van der Waals surface area contributed by atoms with E-state index in [0.717, 1.165) is 44.0 Å². The molecule has 0 aliphatic carbocycles. The Morgan fingerprint density at radius 1 is 1.43 bits per heavy atom. The van der Waals surface area contributed by atoms with Gasteiger partial charge in [0.25, 0.3) is 0 Å². The third-order valence-corrected chi connectivity index (χ3v) is 4.15. The van der Waals surface area contributed by atoms with Gasteiger partial charge in [-0.3, -0.25) is 9.69 Å². The number of nitrogens with one attached hydrogen (secondary N) is 1. The van der Waals surface area contributed by atoms with Crippen LogP contribution in [0.4, 0.5) is 5.82 Å². The molecule has 1 saturated heterocycles. The standard InChI is InChI=1S/C16H26N4O/c1-13-5-4-6-15(18-13)19(3)11-14-7-9-20(10-8-14)12-16(21)17-2/h4-6,14H,7-12H2,1-3H3,(H,17,21). The van der Waals surface area contributed by atoms with Crippen LogP contribution < -0.4 is 10.2 Å². The minimum Gasteiger partial charge on any atom is -0.359 e. The van der Waals surface area contributed by atoms with Gasteiger partial charge in [0.1, 0.15) is 5.82 Å². The van der Waals surface area contributed by atoms with Crippen LogP contribution in [0.15, 0.2) is 18.2 Å². The molecule has 0 radical (unpaired) electrons. The molecule has 0 spiro atoms. The SMILES string of the molecule is CNC(=O)CN1CCC(CN(C)c2cccc(C)n2)CC1. The predicted molar refractivity (Wildman–Crippen MR) is 85.5 cm³/mol. The number of aryl methyl sites for hydroxylation is 1. The Labute approximate surface area is 127 Å². The van der Waals surface area contributed by atoms with E-state index in [1.165, 1.54) is 0 Å². The second kappa shape index (κ2) is 7.41. The second-order valence-corrected chi connectivity index (χ2v) is 5.91. The first-order valence-electron chi connectivity index (χ1n) is 7.66. The number of likely N-dealkylation sites (N-methyl/N-ethyl adjacent to an activating group) is 1. The number of pyridine rings is 1. The van der Waals surface area contributed by atoms with Gasteiger partial charge >= 0.3 is 0 Å². The summed E-state index contributed by atoms with van der Waals surface area (Å²) in [6.07, 6.45) is 2.29. The van der Waals surface area contributed by atoms with Crippen LogP contribution >= 0.6 is 0 Å². The summed E-state index contributed by atoms with van der Waals surface area (Å²) in [6.45, 7) is 5.59. The summed E-state index contributed by atoms with van der Waals surface area (Å²) >= 11 is 0. The molecule has 1 fully saturated rings. The van der Waals surface area contributed by atoms with Crippen molar-refractivity contribution in [3.63, 3.8) is 0 Å². The van der Waals surface area contributed by atoms with E-state index in [1.54, 1.807) is 7.05 Å². The van der Waals surface area contributed by atoms with Gasteiger partial charge in [-0.05, 0) is 50.9 Å². The van der Waals surface area contributed by atoms with Crippen LogP contribution in [0.5, 0.6) is 0 Å². The predicted octanol–water partition coefficient (Wildman–Crippen LogP) is 1.28. The number of piperidine rings is 1. The van der Waals surface area contributed by atoms with E-state index in [0.29, 0.717) is 12.5 Å². The third kappa shape index (κ3) is 4.70. The minimum atomic E-state index is 0.106. The molecule has 2 heterocycles. The fourth-order valence-corrected chi connectivity index (χ4v) is 2.83. The van der Waals surface area contributed by atoms with Crippen LogP contribution in [0.1, 0.15) is 18.5 Å². The summed E-state index contributed by atoms with van der Waals surface area (Å²) in [6, 6.07) is 6.14. The maximum Gasteiger partial charge on any atom is 0.233 e. The Hall–Kier alpha value is -1.62. The lowest BCUT2D eigenvalue weighted by atomic mass is 9.96. The van der Waals surface area contributed by atoms with Crippen molar-refractivity contribution in [3.8, 4) is 0 Å². The summed E-state index contributed by atoms with van der Waals surface area (Å²) in [5, 5.41) is 2.69. The fourth-order valence-electron chi connectivity index (χ4n) is 2.83. The molecule has 5 heteroatoms. The number of nitrogens with zero attached hydrogens (tertiary/aromatic N) is 3. The second-order valence-electron chi connectivity index (χ2n) is 5.91. The van der Waals surface area contributed by atoms with Gasteiger partial charge in [0.2, 0.25) is 5.91 Å². The first kappa shape index (κ1) is 15.8. The van der Waals surface area contributed by atoms with E-state index in [2.05, 4.69) is 39.3 Å². The van der Waals surface area contributed by atoms with E-state index < -0.39 is 0 Å². The molecule has 1 aliphatic rings. The number of rotatable bonds is 5. The summed E-state index contributed by atoms with van der Waals surface area (Å²) in [4.78, 5) is 20.4. The number of hydrogen-bond donors (Lipinski definition) is 1. The normalized spacial score (nSPS) is 16.7. The summed E-state index contributed by atoms with van der Waals surface area (Å²) in [5.41, 5.74) is 1.06. The highest BCUT2D eigenvalue weighted by Crippen LogP contribution is 2.20. The van der Waals surface area contributed by atoms with Gasteiger partial charge in [-0.15, -0.1) is 0 Å². The van der Waals surface area contributed by atoms with Crippen LogP contribution in [0.3, 0.4) is 0 Å². The van der Waals surface area contributed by atoms with Crippen molar-refractivity contribution in [1.82, 2.24) is 15.2 Å². The molecule has 0 aromatic carbocycles. The Kier molecular flexibility index (Phi) is 5.56. The lowest BCUT2D eigenvalue weighted by molar-refractivity contribution is -0.122. The molecule has 0 bridgehead atoms. The van der Waals surface area contributed by atoms with Crippen molar-refractivity contribution in [2.24, 2.45) is 5.92 Å². The van der Waals surface area contributed by atoms with E-state index in [9.17, 15) is 4.79 Å². The molecule has 5 nitrogen and oxygen atoms in total. The number of aromatic nitrogens is 1. The number of hydrogen-bond acceptors (Lipinski definition) is 4. The maximum atomic E-state index is 11.4. The molecule has 1 aromatic rings. The summed E-state index contributed by atoms with van der Waals surface area (Å²) in [7, 11) is 3.80. The highest BCUT2D eigenvalue weighted by molar-refractivity contribution is 5.77. The van der Waals surface area contributed by atoms with E-state index in [1.807, 2.05) is 13.0 Å². The molecular formula is C16H26N4O. The molecule has 21 heavy (non-hydrogen) atoms. The molecule has 1 amide bonds. The number of carbonyl (C=O) groups excluding carboxylic acids is 1. The molecule has 0 saturated carbocycles. The van der Waals surface area contributed by atoms with Gasteiger partial charge < -0.3 is 10.2 Å². The molecule has 0 unspecified atom stereocenters. The highest BCUT2D eigenvalue weighted by atomic mass is 16.1. The molecule has 1 aromatic heterocycles. The molecule has 2 rings (SSSR count). The zero-order valence-corrected chi connectivity index (χ0v) is 13.3. The number of amides is 1. The van der Waals surface area contributed by atoms with Gasteiger partial charge in [0.05, 0.1) is 6.54 Å². The largest absolute Gasteiger partial charge is 0.359 e. The van der Waals surface area contributed by atoms with Gasteiger partial charge in [-0.25, -0.2) is 4.98 Å². The Bertz CT molecular complexity index is 469. The molecule has 0 atom stereocenters. The van der Waals surface area contributed by atoms with E-state index in [-0.39, 0.29) is 5.91 Å². The average Bonchev–Trinajstić information content (AvgIpc) is 2.49. The number of anilines is 1. The minimum absolute atomic E-state index is 0.106. The first-order chi connectivity index (χ1) is 10.1. The maximum absolute atomic E-state index is 11.4. The number of carbonyl (C=O) groups is 1. The molecule has 116 valence electrons. The summed E-state index contributed by atoms with van der Waals surface area (Å²) in [5.74, 6) is 1.83. The van der Waals surface area contributed by atoms with Crippen molar-refractivity contribution in [1.29, 1.82) is 0 Å². The lowest BCUT2D eigenvalue weighted by Gasteiger charge is -2.33. The van der Waals surface area contributed by atoms with E-state index in [4.69, 9.17) is 0 Å². The van der Waals surface area contributed by atoms with Gasteiger partial charge in [-0.1, -0.05) is 6.07 Å². The van der Waals surface area contributed by atoms with Gasteiger partial charge in [0.15, 0.2) is 0 Å². The van der Waals surface area contributed by atoms with Crippen molar-refractivity contribution in [3.05, 3.63) is 23.9 Å². The smallest absolute Gasteiger partial charge is 0.233 e. The van der Waals surface area contributed by atoms with Crippen molar-refractivity contribution in [2.45, 2.75) is 19.8 Å². The van der Waals surface area contributed by atoms with Crippen LogP contribution in [0.25, 0.3) is 0 Å². The van der Waals surface area contributed by atoms with Gasteiger partial charge in [0, 0.05) is 26.3 Å². The topological polar surface area (TPSA) is 48.5 Å². The lowest BCUT2D eigenvalue weighted by Crippen LogP contribution is -2.42. The van der Waals surface area contributed by atoms with Crippen LogP contribution in [0.2, 0.25) is 0 Å². The summed E-state index contributed by atoms with van der Waals surface area (Å²) < 4.78 is 0. The third-order valence-electron chi connectivity index (χ3n) is 4.15. The molecule has 1 N–H and O–H groups in total. The quantitative estimate of drug-likeness (QED) is 0.887. The highest BCUT2D eigenvalue weighted by Gasteiger charge is 2.21. The molecular weight excluding hydrogens is 264 g/mol. The first-order valence-corrected chi connectivity index (χ1v) is 7.66. The van der Waals surface area contributed by atoms with Crippen LogP contribution in [-0.4, -0.2) is 56.1 Å². The Morgan fingerprint density at radius 3 is 2.76 bits per heavy atom. The van der Waals surface area contributed by atoms with Crippen molar-refractivity contribution >= 4 is 11.7 Å². The zero-order chi connectivity index (χ0) is 15.2. The monoisotopic (exact) mass is 290 g/mol. The molecule has 1 aliphatic heterocycles. The van der Waals surface area contributed by atoms with Crippen molar-refractivity contribution < 1.29 is 4.79 Å². The van der Waals surface area contributed by atoms with Crippen LogP contribution in [-0.2, 0) is 4.79 Å². The van der Waals surface area contributed by atoms with Gasteiger partial charge in [-0.2, -0.15) is 0 Å². The zero-order valence-electron chi connectivity index (χ0n) is 13.3. The van der Waals surface area contributed by atoms with Crippen LogP contribution in [0, 0.1) is 12.8 Å². The Balaban J connectivity index is 1.79.